The van der Waals surface area contributed by atoms with Crippen molar-refractivity contribution in [2.24, 2.45) is 5.73 Å². The molecule has 16 heteroatoms. The number of alkyl halides is 6. The van der Waals surface area contributed by atoms with Gasteiger partial charge in [-0.3, -0.25) is 0 Å². The first-order valence-electron chi connectivity index (χ1n) is 15.1. The molecule has 1 rings (SSSR count). The number of anilines is 2. The maximum atomic E-state index is 11.0. The number of aliphatic hydroxyl groups excluding tert-OH is 1. The number of hydrogen-bond donors (Lipinski definition) is 5. The fourth-order valence-corrected chi connectivity index (χ4v) is 2.61. The monoisotopic (exact) mass is 692 g/mol. The van der Waals surface area contributed by atoms with Gasteiger partial charge in [0.15, 0.2) is 5.76 Å². The Morgan fingerprint density at radius 3 is 1.81 bits per heavy atom. The molecule has 10 nitrogen and oxygen atoms in total. The molecule has 0 aromatic heterocycles. The van der Waals surface area contributed by atoms with E-state index in [9.17, 15) is 31.1 Å². The van der Waals surface area contributed by atoms with Crippen molar-refractivity contribution in [1.29, 1.82) is 0 Å². The lowest BCUT2D eigenvalue weighted by atomic mass is 10.3. The van der Waals surface area contributed by atoms with Crippen molar-refractivity contribution < 1.29 is 45.9 Å². The van der Waals surface area contributed by atoms with Crippen molar-refractivity contribution in [3.05, 3.63) is 49.0 Å². The van der Waals surface area contributed by atoms with Gasteiger partial charge in [0.25, 0.3) is 0 Å². The first-order chi connectivity index (χ1) is 21.6. The van der Waals surface area contributed by atoms with Crippen LogP contribution in [0.1, 0.15) is 40.0 Å². The minimum absolute atomic E-state index is 0.584. The van der Waals surface area contributed by atoms with Crippen molar-refractivity contribution in [3.63, 3.8) is 0 Å². The number of nitrogens with one attached hydrogen (secondary N) is 2. The first-order valence-corrected chi connectivity index (χ1v) is 15.1. The van der Waals surface area contributed by atoms with E-state index in [2.05, 4.69) is 74.5 Å². The van der Waals surface area contributed by atoms with Gasteiger partial charge in [-0.25, -0.2) is 4.79 Å². The minimum Gasteiger partial charge on any atom is -0.505 e. The molecule has 7 N–H and O–H groups in total. The first kappa shape index (κ1) is 50.5. The molecule has 0 heterocycles. The molecular weight excluding hydrogens is 632 g/mol. The molecule has 1 aromatic rings. The highest BCUT2D eigenvalue weighted by molar-refractivity contribution is 5.75. The summed E-state index contributed by atoms with van der Waals surface area (Å²) in [7, 11) is 11.1. The SMILES string of the molecule is C=C(O)C(F)(F)F.CCC.CC[NH+](C)CCCN(/C=C\NCCCN(C)C)CN.CN(C)c1ccc(N)cc1.COC(=O)C(F)(F)F. The van der Waals surface area contributed by atoms with Crippen LogP contribution >= 0.6 is 0 Å². The predicted octanol–water partition coefficient (Wildman–Crippen LogP) is 4.24. The van der Waals surface area contributed by atoms with E-state index in [1.54, 1.807) is 4.90 Å². The van der Waals surface area contributed by atoms with Crippen LogP contribution in [-0.2, 0) is 9.53 Å². The fraction of sp³-hybridized carbons (Fsp3) is 0.645. The Kier molecular flexibility index (Phi) is 32.2. The molecule has 0 fully saturated rings. The van der Waals surface area contributed by atoms with E-state index in [4.69, 9.17) is 16.6 Å². The van der Waals surface area contributed by atoms with E-state index >= 15 is 0 Å². The number of rotatable bonds is 13. The number of nitrogens with two attached hydrogens (primary N) is 2. The number of nitrogens with zero attached hydrogens (tertiary/aromatic N) is 3. The second-order valence-corrected chi connectivity index (χ2v) is 10.5. The molecular formula is C31H60F6N7O3+. The normalized spacial score (nSPS) is 11.3. The number of carbonyl (C=O) groups excluding carboxylic acids is 1. The Bertz CT molecular complexity index is 914. The smallest absolute Gasteiger partial charge is 0.490 e. The van der Waals surface area contributed by atoms with Gasteiger partial charge >= 0.3 is 18.3 Å². The highest BCUT2D eigenvalue weighted by Crippen LogP contribution is 2.20. The summed E-state index contributed by atoms with van der Waals surface area (Å²) in [5.41, 5.74) is 13.2. The molecule has 0 aliphatic heterocycles. The molecule has 0 amide bonds. The van der Waals surface area contributed by atoms with Crippen LogP contribution < -0.4 is 26.6 Å². The second kappa shape index (κ2) is 30.0. The Morgan fingerprint density at radius 1 is 1.00 bits per heavy atom. The lowest BCUT2D eigenvalue weighted by molar-refractivity contribution is -0.877. The summed E-state index contributed by atoms with van der Waals surface area (Å²) < 4.78 is 68.8. The molecule has 0 saturated carbocycles. The van der Waals surface area contributed by atoms with Crippen LogP contribution in [0.4, 0.5) is 37.7 Å². The van der Waals surface area contributed by atoms with Crippen molar-refractivity contribution in [2.45, 2.75) is 52.4 Å². The van der Waals surface area contributed by atoms with E-state index in [-0.39, 0.29) is 0 Å². The number of methoxy groups -OCH3 is 1. The third-order valence-corrected chi connectivity index (χ3v) is 5.37. The van der Waals surface area contributed by atoms with Gasteiger partial charge in [-0.05, 0) is 58.3 Å². The van der Waals surface area contributed by atoms with Gasteiger partial charge in [-0.2, -0.15) is 26.3 Å². The van der Waals surface area contributed by atoms with Crippen molar-refractivity contribution in [3.8, 4) is 0 Å². The number of esters is 1. The Balaban J connectivity index is -0.000000277. The van der Waals surface area contributed by atoms with E-state index < -0.39 is 24.1 Å². The molecule has 0 aliphatic rings. The Morgan fingerprint density at radius 2 is 1.49 bits per heavy atom. The molecule has 0 spiro atoms. The lowest BCUT2D eigenvalue weighted by Crippen LogP contribution is -3.08. The number of ether oxygens (including phenoxy) is 1. The van der Waals surface area contributed by atoms with Gasteiger partial charge < -0.3 is 46.2 Å². The van der Waals surface area contributed by atoms with Crippen molar-refractivity contribution >= 4 is 17.3 Å². The van der Waals surface area contributed by atoms with Gasteiger partial charge in [0.05, 0.1) is 33.9 Å². The molecule has 0 bridgehead atoms. The average molecular weight is 693 g/mol. The average Bonchev–Trinajstić information content (AvgIpc) is 2.97. The van der Waals surface area contributed by atoms with Crippen LogP contribution in [0.15, 0.2) is 49.0 Å². The standard InChI is InChI=1S/C14H33N5.C8H12N2.C3H3F3O2.C3H3F3O.C3H8/c1-5-18(4)11-7-12-19(14-15)13-9-16-8-6-10-17(2)3;1-10(2)8-5-3-7(9)4-6-8;1-8-2(7)3(4,5)6;1-2(7)3(4,5)6;1-3-2/h9,13,16H,5-8,10-12,14-15H2,1-4H3;3-6H,9H2,1-2H3;1H3;7H,1H2;3H2,1-2H3/p+1/b13-9-;;;;. The topological polar surface area (TPSA) is 125 Å². The number of hydrogen-bond acceptors (Lipinski definition) is 9. The summed E-state index contributed by atoms with van der Waals surface area (Å²) in [6.07, 6.45) is -1.82. The molecule has 1 aromatic carbocycles. The van der Waals surface area contributed by atoms with Crippen LogP contribution in [0.2, 0.25) is 0 Å². The molecule has 0 radical (unpaired) electrons. The third-order valence-electron chi connectivity index (χ3n) is 5.37. The molecule has 1 unspecified atom stereocenters. The van der Waals surface area contributed by atoms with Crippen LogP contribution in [0, 0.1) is 0 Å². The molecule has 47 heavy (non-hydrogen) atoms. The molecule has 0 saturated heterocycles. The van der Waals surface area contributed by atoms with Crippen LogP contribution in [-0.4, -0.2) is 115 Å². The zero-order chi connectivity index (χ0) is 37.6. The summed E-state index contributed by atoms with van der Waals surface area (Å²) in [5, 5.41) is 10.9. The summed E-state index contributed by atoms with van der Waals surface area (Å²) >= 11 is 0. The highest BCUT2D eigenvalue weighted by Gasteiger charge is 2.40. The lowest BCUT2D eigenvalue weighted by Gasteiger charge is -2.19. The molecule has 0 aliphatic carbocycles. The van der Waals surface area contributed by atoms with Gasteiger partial charge in [0.2, 0.25) is 0 Å². The minimum atomic E-state index is -4.85. The maximum absolute atomic E-state index is 11.0. The largest absolute Gasteiger partial charge is 0.505 e. The van der Waals surface area contributed by atoms with Crippen LogP contribution in [0.25, 0.3) is 0 Å². The quantitative estimate of drug-likeness (QED) is 0.0516. The van der Waals surface area contributed by atoms with Crippen molar-refractivity contribution in [1.82, 2.24) is 15.1 Å². The number of carbonyl (C=O) groups is 1. The maximum Gasteiger partial charge on any atom is 0.490 e. The zero-order valence-electron chi connectivity index (χ0n) is 29.6. The summed E-state index contributed by atoms with van der Waals surface area (Å²) in [5.74, 6) is -3.93. The van der Waals surface area contributed by atoms with E-state index in [0.29, 0.717) is 13.8 Å². The van der Waals surface area contributed by atoms with Gasteiger partial charge in [-0.1, -0.05) is 26.8 Å². The van der Waals surface area contributed by atoms with E-state index in [1.807, 2.05) is 49.5 Å². The van der Waals surface area contributed by atoms with E-state index in [0.717, 1.165) is 31.7 Å². The predicted molar refractivity (Wildman–Crippen MR) is 180 cm³/mol. The van der Waals surface area contributed by atoms with Crippen molar-refractivity contribution in [2.75, 3.05) is 92.4 Å². The van der Waals surface area contributed by atoms with Gasteiger partial charge in [0.1, 0.15) is 0 Å². The zero-order valence-corrected chi connectivity index (χ0v) is 29.6. The van der Waals surface area contributed by atoms with Gasteiger partial charge in [0, 0.05) is 57.4 Å². The summed E-state index contributed by atoms with van der Waals surface area (Å²) in [6, 6.07) is 7.79. The second-order valence-electron chi connectivity index (χ2n) is 10.5. The number of nitrogen functional groups attached to an aromatic ring is 1. The van der Waals surface area contributed by atoms with Gasteiger partial charge in [-0.15, -0.1) is 0 Å². The summed E-state index contributed by atoms with van der Waals surface area (Å²) in [4.78, 5) is 17.5. The Labute approximate surface area is 278 Å². The van der Waals surface area contributed by atoms with Crippen LogP contribution in [0.5, 0.6) is 0 Å². The highest BCUT2D eigenvalue weighted by atomic mass is 19.4. The Hall–Kier alpha value is -3.37. The molecule has 278 valence electrons. The fourth-order valence-electron chi connectivity index (χ4n) is 2.61. The number of benzene rings is 1. The number of aliphatic hydroxyl groups is 1. The number of halogens is 6. The van der Waals surface area contributed by atoms with Crippen LogP contribution in [0.3, 0.4) is 0 Å². The third kappa shape index (κ3) is 37.0. The molecule has 1 atom stereocenters. The summed E-state index contributed by atoms with van der Waals surface area (Å²) in [6.45, 7) is 14.9. The number of quaternary nitrogens is 1. The van der Waals surface area contributed by atoms with E-state index in [1.165, 1.54) is 31.6 Å². The number of allylic oxidation sites excluding steroid dienone is 1.